The molecule has 10 heteroatoms. The van der Waals surface area contributed by atoms with Crippen LogP contribution in [0.4, 0.5) is 11.4 Å². The average Bonchev–Trinajstić information content (AvgIpc) is 3.05. The standard InChI is InChI=1S/C34H31N5O4S/c40-31(20-17-25-15-18-28(19-16-25)39(42)43)36-34(44)35-30-14-8-7-13-29(30)33(41)38-23-21-37(22-24-38)32(26-9-3-1-4-10-26)27-11-5-2-6-12-27/h1-20,32H,21-24H2,(H2,35,36,40,44)/b20-17+. The molecule has 222 valence electrons. The number of nitrogens with zero attached hydrogens (tertiary/aromatic N) is 3. The molecule has 1 fully saturated rings. The Balaban J connectivity index is 1.20. The van der Waals surface area contributed by atoms with E-state index < -0.39 is 10.8 Å². The Hall–Kier alpha value is -5.19. The van der Waals surface area contributed by atoms with E-state index in [4.69, 9.17) is 12.2 Å². The van der Waals surface area contributed by atoms with Gasteiger partial charge in [0, 0.05) is 44.4 Å². The lowest BCUT2D eigenvalue weighted by Crippen LogP contribution is -2.50. The topological polar surface area (TPSA) is 108 Å². The minimum atomic E-state index is -0.486. The summed E-state index contributed by atoms with van der Waals surface area (Å²) in [6.07, 6.45) is 2.81. The number of piperazine rings is 1. The summed E-state index contributed by atoms with van der Waals surface area (Å²) in [6, 6.07) is 33.8. The van der Waals surface area contributed by atoms with Gasteiger partial charge in [-0.15, -0.1) is 0 Å². The Morgan fingerprint density at radius 1 is 0.795 bits per heavy atom. The fourth-order valence-corrected chi connectivity index (χ4v) is 5.41. The van der Waals surface area contributed by atoms with Gasteiger partial charge in [-0.25, -0.2) is 0 Å². The molecule has 1 aliphatic heterocycles. The lowest BCUT2D eigenvalue weighted by Gasteiger charge is -2.40. The van der Waals surface area contributed by atoms with Gasteiger partial charge in [-0.1, -0.05) is 72.8 Å². The molecule has 0 atom stereocenters. The van der Waals surface area contributed by atoms with Gasteiger partial charge in [-0.3, -0.25) is 29.9 Å². The summed E-state index contributed by atoms with van der Waals surface area (Å²) in [5, 5.41) is 16.4. The predicted octanol–water partition coefficient (Wildman–Crippen LogP) is 5.67. The van der Waals surface area contributed by atoms with Crippen molar-refractivity contribution in [2.45, 2.75) is 6.04 Å². The SMILES string of the molecule is O=C(/C=C/c1ccc([N+](=O)[O-])cc1)NC(=S)Nc1ccccc1C(=O)N1CCN(C(c2ccccc2)c2ccccc2)CC1. The second-order valence-electron chi connectivity index (χ2n) is 10.2. The van der Waals surface area contributed by atoms with Crippen LogP contribution in [-0.2, 0) is 4.79 Å². The Bertz CT molecular complexity index is 1610. The maximum atomic E-state index is 13.6. The van der Waals surface area contributed by atoms with Crippen LogP contribution in [0.15, 0.2) is 115 Å². The number of hydrogen-bond acceptors (Lipinski definition) is 6. The zero-order valence-electron chi connectivity index (χ0n) is 23.8. The summed E-state index contributed by atoms with van der Waals surface area (Å²) in [7, 11) is 0. The number of non-ortho nitro benzene ring substituents is 1. The smallest absolute Gasteiger partial charge is 0.269 e. The minimum absolute atomic E-state index is 0.0318. The number of amides is 2. The van der Waals surface area contributed by atoms with E-state index in [1.807, 2.05) is 17.0 Å². The normalized spacial score (nSPS) is 13.5. The second-order valence-corrected chi connectivity index (χ2v) is 10.6. The molecule has 0 aromatic heterocycles. The number of nitro groups is 1. The number of nitrogens with one attached hydrogen (secondary N) is 2. The number of hydrogen-bond donors (Lipinski definition) is 2. The second kappa shape index (κ2) is 14.3. The zero-order chi connectivity index (χ0) is 30.9. The van der Waals surface area contributed by atoms with Crippen LogP contribution in [0.25, 0.3) is 6.08 Å². The number of rotatable bonds is 8. The fraction of sp³-hybridized carbons (Fsp3) is 0.147. The van der Waals surface area contributed by atoms with Gasteiger partial charge in [-0.2, -0.15) is 0 Å². The van der Waals surface area contributed by atoms with E-state index >= 15 is 0 Å². The summed E-state index contributed by atoms with van der Waals surface area (Å²) in [4.78, 5) is 40.7. The molecule has 1 saturated heterocycles. The van der Waals surface area contributed by atoms with Gasteiger partial charge in [0.15, 0.2) is 5.11 Å². The molecule has 0 unspecified atom stereocenters. The Kier molecular flexibility index (Phi) is 9.85. The maximum Gasteiger partial charge on any atom is 0.269 e. The van der Waals surface area contributed by atoms with E-state index in [9.17, 15) is 19.7 Å². The number of thiocarbonyl (C=S) groups is 1. The first-order chi connectivity index (χ1) is 21.4. The molecule has 2 N–H and O–H groups in total. The summed E-state index contributed by atoms with van der Waals surface area (Å²) < 4.78 is 0. The molecule has 4 aromatic carbocycles. The monoisotopic (exact) mass is 605 g/mol. The first kappa shape index (κ1) is 30.3. The Morgan fingerprint density at radius 3 is 1.95 bits per heavy atom. The summed E-state index contributed by atoms with van der Waals surface area (Å²) in [5.41, 5.74) is 3.98. The molecule has 9 nitrogen and oxygen atoms in total. The molecule has 5 rings (SSSR count). The van der Waals surface area contributed by atoms with Crippen LogP contribution in [0.2, 0.25) is 0 Å². The van der Waals surface area contributed by atoms with Crippen molar-refractivity contribution in [3.8, 4) is 0 Å². The van der Waals surface area contributed by atoms with Crippen molar-refractivity contribution in [1.29, 1.82) is 0 Å². The number of nitro benzene ring substituents is 1. The third kappa shape index (κ3) is 7.60. The van der Waals surface area contributed by atoms with Gasteiger partial charge >= 0.3 is 0 Å². The van der Waals surface area contributed by atoms with E-state index in [1.54, 1.807) is 36.4 Å². The quantitative estimate of drug-likeness (QED) is 0.115. The predicted molar refractivity (Wildman–Crippen MR) is 175 cm³/mol. The Labute approximate surface area is 261 Å². The molecule has 0 spiro atoms. The largest absolute Gasteiger partial charge is 0.336 e. The molecular formula is C34H31N5O4S. The molecule has 4 aromatic rings. The molecular weight excluding hydrogens is 574 g/mol. The summed E-state index contributed by atoms with van der Waals surface area (Å²) in [5.74, 6) is -0.594. The number of anilines is 1. The van der Waals surface area contributed by atoms with E-state index in [0.717, 1.165) is 0 Å². The molecule has 44 heavy (non-hydrogen) atoms. The van der Waals surface area contributed by atoms with Crippen LogP contribution in [0.1, 0.15) is 33.1 Å². The first-order valence-corrected chi connectivity index (χ1v) is 14.6. The molecule has 1 aliphatic rings. The average molecular weight is 606 g/mol. The van der Waals surface area contributed by atoms with Crippen LogP contribution in [0.5, 0.6) is 0 Å². The van der Waals surface area contributed by atoms with Crippen molar-refractivity contribution in [2.24, 2.45) is 0 Å². The van der Waals surface area contributed by atoms with Crippen LogP contribution in [0, 0.1) is 10.1 Å². The lowest BCUT2D eigenvalue weighted by molar-refractivity contribution is -0.384. The van der Waals surface area contributed by atoms with Crippen LogP contribution >= 0.6 is 12.2 Å². The molecule has 2 amide bonds. The van der Waals surface area contributed by atoms with E-state index in [-0.39, 0.29) is 22.7 Å². The van der Waals surface area contributed by atoms with Gasteiger partial charge in [0.05, 0.1) is 22.2 Å². The van der Waals surface area contributed by atoms with Gasteiger partial charge in [0.1, 0.15) is 0 Å². The molecule has 0 aliphatic carbocycles. The van der Waals surface area contributed by atoms with E-state index in [0.29, 0.717) is 43.0 Å². The van der Waals surface area contributed by atoms with Crippen molar-refractivity contribution in [1.82, 2.24) is 15.1 Å². The highest BCUT2D eigenvalue weighted by Gasteiger charge is 2.29. The number of carbonyl (C=O) groups excluding carboxylic acids is 2. The fourth-order valence-electron chi connectivity index (χ4n) is 5.20. The zero-order valence-corrected chi connectivity index (χ0v) is 24.7. The van der Waals surface area contributed by atoms with Crippen molar-refractivity contribution in [3.63, 3.8) is 0 Å². The van der Waals surface area contributed by atoms with Gasteiger partial charge in [-0.05, 0) is 59.2 Å². The summed E-state index contributed by atoms with van der Waals surface area (Å²) in [6.45, 7) is 2.56. The van der Waals surface area contributed by atoms with Crippen molar-refractivity contribution < 1.29 is 14.5 Å². The molecule has 0 radical (unpaired) electrons. The third-order valence-electron chi connectivity index (χ3n) is 7.37. The van der Waals surface area contributed by atoms with Gasteiger partial charge < -0.3 is 10.2 Å². The van der Waals surface area contributed by atoms with Crippen LogP contribution in [0.3, 0.4) is 0 Å². The highest BCUT2D eigenvalue weighted by Crippen LogP contribution is 2.30. The Morgan fingerprint density at radius 2 is 1.36 bits per heavy atom. The minimum Gasteiger partial charge on any atom is -0.336 e. The molecule has 0 bridgehead atoms. The highest BCUT2D eigenvalue weighted by atomic mass is 32.1. The maximum absolute atomic E-state index is 13.6. The number of carbonyl (C=O) groups is 2. The first-order valence-electron chi connectivity index (χ1n) is 14.2. The van der Waals surface area contributed by atoms with Crippen molar-refractivity contribution in [2.75, 3.05) is 31.5 Å². The molecule has 0 saturated carbocycles. The van der Waals surface area contributed by atoms with Crippen molar-refractivity contribution >= 4 is 46.6 Å². The number of para-hydroxylation sites is 1. The molecule has 1 heterocycles. The number of benzene rings is 4. The van der Waals surface area contributed by atoms with E-state index in [1.165, 1.54) is 35.4 Å². The van der Waals surface area contributed by atoms with Gasteiger partial charge in [0.2, 0.25) is 5.91 Å². The van der Waals surface area contributed by atoms with Crippen LogP contribution < -0.4 is 10.6 Å². The van der Waals surface area contributed by atoms with E-state index in [2.05, 4.69) is 64.1 Å². The van der Waals surface area contributed by atoms with Crippen LogP contribution in [-0.4, -0.2) is 57.8 Å². The third-order valence-corrected chi connectivity index (χ3v) is 7.57. The highest BCUT2D eigenvalue weighted by molar-refractivity contribution is 7.80. The lowest BCUT2D eigenvalue weighted by atomic mass is 9.96. The summed E-state index contributed by atoms with van der Waals surface area (Å²) >= 11 is 5.35. The van der Waals surface area contributed by atoms with Gasteiger partial charge in [0.25, 0.3) is 11.6 Å². The van der Waals surface area contributed by atoms with Crippen molar-refractivity contribution in [3.05, 3.63) is 148 Å².